The third-order valence-electron chi connectivity index (χ3n) is 1.40. The highest BCUT2D eigenvalue weighted by Gasteiger charge is 2.04. The largest absolute Gasteiger partial charge is 0.502 e. The van der Waals surface area contributed by atoms with Gasteiger partial charge in [0.1, 0.15) is 6.29 Å². The zero-order chi connectivity index (χ0) is 6.53. The van der Waals surface area contributed by atoms with E-state index >= 15 is 0 Å². The Kier molecular flexibility index (Phi) is 2.31. The van der Waals surface area contributed by atoms with Gasteiger partial charge in [0, 0.05) is 5.92 Å². The van der Waals surface area contributed by atoms with Gasteiger partial charge in [0.05, 0.1) is 12.9 Å². The van der Waals surface area contributed by atoms with Gasteiger partial charge in [-0.3, -0.25) is 0 Å². The lowest BCUT2D eigenvalue weighted by atomic mass is 10.1. The van der Waals surface area contributed by atoms with Crippen molar-refractivity contribution in [2.45, 2.75) is 12.8 Å². The van der Waals surface area contributed by atoms with E-state index in [9.17, 15) is 4.79 Å². The molecule has 9 heavy (non-hydrogen) atoms. The molecule has 0 aromatic heterocycles. The predicted molar refractivity (Wildman–Crippen MR) is 33.9 cm³/mol. The van der Waals surface area contributed by atoms with E-state index in [0.717, 1.165) is 25.7 Å². The molecule has 0 aromatic rings. The molecule has 50 valence electrons. The topological polar surface area (TPSA) is 26.3 Å². The second kappa shape index (κ2) is 3.28. The van der Waals surface area contributed by atoms with Crippen molar-refractivity contribution < 1.29 is 9.53 Å². The first kappa shape index (κ1) is 6.33. The van der Waals surface area contributed by atoms with Crippen LogP contribution in [0.3, 0.4) is 0 Å². The maximum absolute atomic E-state index is 10.2. The third-order valence-corrected chi connectivity index (χ3v) is 1.40. The summed E-state index contributed by atoms with van der Waals surface area (Å²) in [4.78, 5) is 10.2. The van der Waals surface area contributed by atoms with E-state index in [2.05, 4.69) is 0 Å². The number of carbonyl (C=O) groups is 1. The molecule has 0 aliphatic carbocycles. The zero-order valence-corrected chi connectivity index (χ0v) is 5.25. The average Bonchev–Trinajstić information content (AvgIpc) is 2.13. The third kappa shape index (κ3) is 1.88. The molecule has 0 saturated heterocycles. The van der Waals surface area contributed by atoms with Crippen LogP contribution in [0.1, 0.15) is 12.8 Å². The lowest BCUT2D eigenvalue weighted by Gasteiger charge is -1.96. The van der Waals surface area contributed by atoms with E-state index in [1.54, 1.807) is 12.3 Å². The second-order valence-electron chi connectivity index (χ2n) is 2.14. The van der Waals surface area contributed by atoms with Crippen LogP contribution < -0.4 is 0 Å². The van der Waals surface area contributed by atoms with Gasteiger partial charge in [-0.2, -0.15) is 0 Å². The summed E-state index contributed by atoms with van der Waals surface area (Å²) in [5, 5.41) is 0. The molecule has 1 rings (SSSR count). The van der Waals surface area contributed by atoms with Gasteiger partial charge >= 0.3 is 0 Å². The minimum Gasteiger partial charge on any atom is -0.502 e. The van der Waals surface area contributed by atoms with Gasteiger partial charge in [0.2, 0.25) is 0 Å². The summed E-state index contributed by atoms with van der Waals surface area (Å²) in [6, 6.07) is 0. The SMILES string of the molecule is O=CC1C=COCCC1. The van der Waals surface area contributed by atoms with Crippen LogP contribution >= 0.6 is 0 Å². The highest BCUT2D eigenvalue weighted by atomic mass is 16.5. The van der Waals surface area contributed by atoms with Crippen molar-refractivity contribution >= 4 is 6.29 Å². The highest BCUT2D eigenvalue weighted by Crippen LogP contribution is 2.08. The van der Waals surface area contributed by atoms with Crippen LogP contribution in [0, 0.1) is 5.92 Å². The molecule has 0 fully saturated rings. The number of carbonyl (C=O) groups excluding carboxylic acids is 1. The summed E-state index contributed by atoms with van der Waals surface area (Å²) in [7, 11) is 0. The highest BCUT2D eigenvalue weighted by molar-refractivity contribution is 5.56. The van der Waals surface area contributed by atoms with Crippen molar-refractivity contribution in [3.8, 4) is 0 Å². The summed E-state index contributed by atoms with van der Waals surface area (Å²) in [6.07, 6.45) is 6.30. The fraction of sp³-hybridized carbons (Fsp3) is 0.571. The van der Waals surface area contributed by atoms with Gasteiger partial charge in [-0.15, -0.1) is 0 Å². The molecule has 0 N–H and O–H groups in total. The Morgan fingerprint density at radius 1 is 1.67 bits per heavy atom. The van der Waals surface area contributed by atoms with Gasteiger partial charge < -0.3 is 9.53 Å². The van der Waals surface area contributed by atoms with Gasteiger partial charge in [-0.1, -0.05) is 0 Å². The molecule has 0 saturated carbocycles. The van der Waals surface area contributed by atoms with E-state index < -0.39 is 0 Å². The molecule has 1 heterocycles. The van der Waals surface area contributed by atoms with E-state index in [-0.39, 0.29) is 5.92 Å². The average molecular weight is 126 g/mol. The van der Waals surface area contributed by atoms with E-state index in [1.807, 2.05) is 0 Å². The molecule has 0 spiro atoms. The molecule has 1 atom stereocenters. The van der Waals surface area contributed by atoms with Crippen LogP contribution in [-0.2, 0) is 9.53 Å². The van der Waals surface area contributed by atoms with E-state index in [1.165, 1.54) is 0 Å². The van der Waals surface area contributed by atoms with Gasteiger partial charge in [-0.25, -0.2) is 0 Å². The van der Waals surface area contributed by atoms with Crippen molar-refractivity contribution in [1.29, 1.82) is 0 Å². The molecule has 0 radical (unpaired) electrons. The Morgan fingerprint density at radius 3 is 3.33 bits per heavy atom. The smallest absolute Gasteiger partial charge is 0.126 e. The zero-order valence-electron chi connectivity index (χ0n) is 5.25. The maximum Gasteiger partial charge on any atom is 0.126 e. The quantitative estimate of drug-likeness (QED) is 0.492. The van der Waals surface area contributed by atoms with Crippen LogP contribution in [0.2, 0.25) is 0 Å². The number of hydrogen-bond acceptors (Lipinski definition) is 2. The molecule has 0 amide bonds. The van der Waals surface area contributed by atoms with Crippen molar-refractivity contribution in [2.75, 3.05) is 6.61 Å². The first-order valence-electron chi connectivity index (χ1n) is 3.17. The molecule has 2 heteroatoms. The summed E-state index contributed by atoms with van der Waals surface area (Å²) >= 11 is 0. The van der Waals surface area contributed by atoms with Crippen molar-refractivity contribution in [3.63, 3.8) is 0 Å². The monoisotopic (exact) mass is 126 g/mol. The molecule has 0 aromatic carbocycles. The minimum atomic E-state index is 0.0903. The number of allylic oxidation sites excluding steroid dienone is 1. The second-order valence-corrected chi connectivity index (χ2v) is 2.14. The number of aldehydes is 1. The Labute approximate surface area is 54.5 Å². The summed E-state index contributed by atoms with van der Waals surface area (Å²) in [5.41, 5.74) is 0. The maximum atomic E-state index is 10.2. The predicted octanol–water partition coefficient (Wildman–Crippen LogP) is 1.13. The summed E-state index contributed by atoms with van der Waals surface area (Å²) in [5.74, 6) is 0.0903. The van der Waals surface area contributed by atoms with Crippen LogP contribution in [0.4, 0.5) is 0 Å². The van der Waals surface area contributed by atoms with Crippen molar-refractivity contribution in [1.82, 2.24) is 0 Å². The number of hydrogen-bond donors (Lipinski definition) is 0. The van der Waals surface area contributed by atoms with Crippen LogP contribution in [-0.4, -0.2) is 12.9 Å². The molecule has 1 unspecified atom stereocenters. The summed E-state index contributed by atoms with van der Waals surface area (Å²) < 4.78 is 4.99. The Balaban J connectivity index is 2.41. The molecule has 1 aliphatic rings. The van der Waals surface area contributed by atoms with Gasteiger partial charge in [0.15, 0.2) is 0 Å². The van der Waals surface area contributed by atoms with Crippen molar-refractivity contribution in [2.24, 2.45) is 5.92 Å². The first-order chi connectivity index (χ1) is 4.43. The lowest BCUT2D eigenvalue weighted by Crippen LogP contribution is -1.95. The molecule has 2 nitrogen and oxygen atoms in total. The Hall–Kier alpha value is -0.790. The number of ether oxygens (including phenoxy) is 1. The fourth-order valence-corrected chi connectivity index (χ4v) is 0.837. The van der Waals surface area contributed by atoms with E-state index in [4.69, 9.17) is 4.74 Å². The van der Waals surface area contributed by atoms with E-state index in [0.29, 0.717) is 0 Å². The Bertz CT molecular complexity index is 118. The number of rotatable bonds is 1. The van der Waals surface area contributed by atoms with Gasteiger partial charge in [0.25, 0.3) is 0 Å². The van der Waals surface area contributed by atoms with Crippen LogP contribution in [0.25, 0.3) is 0 Å². The summed E-state index contributed by atoms with van der Waals surface area (Å²) in [6.45, 7) is 0.751. The molecule has 0 bridgehead atoms. The minimum absolute atomic E-state index is 0.0903. The van der Waals surface area contributed by atoms with Gasteiger partial charge in [-0.05, 0) is 18.9 Å². The molecule has 1 aliphatic heterocycles. The van der Waals surface area contributed by atoms with Crippen LogP contribution in [0.15, 0.2) is 12.3 Å². The standard InChI is InChI=1S/C7H10O2/c8-6-7-2-1-4-9-5-3-7/h3,5-7H,1-2,4H2. The molecular weight excluding hydrogens is 116 g/mol. The lowest BCUT2D eigenvalue weighted by molar-refractivity contribution is -0.110. The van der Waals surface area contributed by atoms with Crippen LogP contribution in [0.5, 0.6) is 0 Å². The fourth-order valence-electron chi connectivity index (χ4n) is 0.837. The normalized spacial score (nSPS) is 26.4. The first-order valence-corrected chi connectivity index (χ1v) is 3.17. The van der Waals surface area contributed by atoms with Crippen molar-refractivity contribution in [3.05, 3.63) is 12.3 Å². The Morgan fingerprint density at radius 2 is 2.56 bits per heavy atom. The molecular formula is C7H10O2.